The van der Waals surface area contributed by atoms with Crippen LogP contribution in [-0.4, -0.2) is 37.9 Å². The molecule has 1 fully saturated rings. The molecule has 0 bridgehead atoms. The summed E-state index contributed by atoms with van der Waals surface area (Å²) >= 11 is 0. The van der Waals surface area contributed by atoms with Crippen LogP contribution < -0.4 is 10.2 Å². The number of hydrogen-bond donors (Lipinski definition) is 2. The van der Waals surface area contributed by atoms with Crippen LogP contribution in [0.15, 0.2) is 18.2 Å². The number of para-hydroxylation sites is 1. The van der Waals surface area contributed by atoms with E-state index in [0.717, 1.165) is 25.1 Å². The molecule has 1 saturated heterocycles. The highest BCUT2D eigenvalue weighted by molar-refractivity contribution is 5.59. The van der Waals surface area contributed by atoms with Gasteiger partial charge in [-0.05, 0) is 24.6 Å². The molecule has 2 aliphatic heterocycles. The molecule has 0 aliphatic carbocycles. The second-order valence-corrected chi connectivity index (χ2v) is 5.30. The first-order valence-corrected chi connectivity index (χ1v) is 6.57. The van der Waals surface area contributed by atoms with Crippen molar-refractivity contribution < 1.29 is 9.50 Å². The molecule has 18 heavy (non-hydrogen) atoms. The summed E-state index contributed by atoms with van der Waals surface area (Å²) in [5.41, 5.74) is 1.63. The van der Waals surface area contributed by atoms with Gasteiger partial charge < -0.3 is 15.3 Å². The number of hydrogen-bond acceptors (Lipinski definition) is 3. The molecular formula is C14H19FN2O. The van der Waals surface area contributed by atoms with E-state index in [2.05, 4.69) is 10.2 Å². The van der Waals surface area contributed by atoms with Crippen LogP contribution in [0.2, 0.25) is 0 Å². The van der Waals surface area contributed by atoms with Gasteiger partial charge in [0.25, 0.3) is 0 Å². The minimum absolute atomic E-state index is 0.0460. The Morgan fingerprint density at radius 2 is 2.33 bits per heavy atom. The van der Waals surface area contributed by atoms with E-state index < -0.39 is 0 Å². The van der Waals surface area contributed by atoms with Gasteiger partial charge in [-0.25, -0.2) is 4.39 Å². The van der Waals surface area contributed by atoms with Gasteiger partial charge in [0.2, 0.25) is 0 Å². The van der Waals surface area contributed by atoms with Crippen molar-refractivity contribution in [2.24, 2.45) is 5.92 Å². The molecule has 1 aromatic carbocycles. The Labute approximate surface area is 107 Å². The minimum atomic E-state index is -0.176. The molecule has 0 spiro atoms. The predicted molar refractivity (Wildman–Crippen MR) is 69.4 cm³/mol. The molecule has 0 amide bonds. The lowest BCUT2D eigenvalue weighted by Gasteiger charge is -2.48. The van der Waals surface area contributed by atoms with E-state index in [4.69, 9.17) is 0 Å². The van der Waals surface area contributed by atoms with E-state index in [0.29, 0.717) is 17.6 Å². The third kappa shape index (κ3) is 1.63. The fourth-order valence-corrected chi connectivity index (χ4v) is 3.59. The minimum Gasteiger partial charge on any atom is -0.396 e. The quantitative estimate of drug-likeness (QED) is 0.789. The van der Waals surface area contributed by atoms with Crippen LogP contribution in [0.3, 0.4) is 0 Å². The molecule has 4 heteroatoms. The first kappa shape index (κ1) is 11.9. The lowest BCUT2D eigenvalue weighted by molar-refractivity contribution is 0.177. The number of nitrogens with zero attached hydrogens (tertiary/aromatic N) is 1. The molecule has 98 valence electrons. The van der Waals surface area contributed by atoms with Crippen molar-refractivity contribution in [2.75, 3.05) is 31.6 Å². The molecule has 0 saturated carbocycles. The van der Waals surface area contributed by atoms with Gasteiger partial charge in [0.05, 0.1) is 12.3 Å². The van der Waals surface area contributed by atoms with Gasteiger partial charge in [-0.1, -0.05) is 12.1 Å². The number of benzene rings is 1. The Kier molecular flexibility index (Phi) is 2.99. The van der Waals surface area contributed by atoms with E-state index >= 15 is 0 Å². The zero-order valence-corrected chi connectivity index (χ0v) is 10.6. The molecule has 1 aromatic rings. The number of piperidine rings is 1. The summed E-state index contributed by atoms with van der Waals surface area (Å²) in [7, 11) is 1.97. The molecular weight excluding hydrogens is 231 g/mol. The van der Waals surface area contributed by atoms with E-state index in [1.807, 2.05) is 13.1 Å². The molecule has 3 nitrogen and oxygen atoms in total. The van der Waals surface area contributed by atoms with E-state index in [9.17, 15) is 9.50 Å². The normalized spacial score (nSPS) is 30.8. The van der Waals surface area contributed by atoms with Gasteiger partial charge >= 0.3 is 0 Å². The fraction of sp³-hybridized carbons (Fsp3) is 0.571. The highest BCUT2D eigenvalue weighted by Gasteiger charge is 2.41. The van der Waals surface area contributed by atoms with Crippen molar-refractivity contribution >= 4 is 5.69 Å². The van der Waals surface area contributed by atoms with Crippen molar-refractivity contribution in [3.8, 4) is 0 Å². The monoisotopic (exact) mass is 250 g/mol. The van der Waals surface area contributed by atoms with Gasteiger partial charge in [-0.3, -0.25) is 0 Å². The number of rotatable bonds is 1. The molecule has 0 radical (unpaired) electrons. The Morgan fingerprint density at radius 3 is 3.11 bits per heavy atom. The summed E-state index contributed by atoms with van der Waals surface area (Å²) in [6, 6.07) is 5.51. The summed E-state index contributed by atoms with van der Waals surface area (Å²) in [6.07, 6.45) is 1.01. The standard InChI is InChI=1S/C14H19FN2O/c1-17-13-5-6-16-7-10(13)11(8-18)9-3-2-4-12(15)14(9)17/h2-4,10-11,13,16,18H,5-8H2,1H3. The van der Waals surface area contributed by atoms with Crippen LogP contribution in [0.1, 0.15) is 17.9 Å². The SMILES string of the molecule is CN1c2c(F)cccc2C(CO)C2CNCCC21. The molecule has 3 rings (SSSR count). The second kappa shape index (κ2) is 4.52. The lowest BCUT2D eigenvalue weighted by atomic mass is 9.74. The molecule has 2 heterocycles. The zero-order chi connectivity index (χ0) is 12.7. The van der Waals surface area contributed by atoms with Crippen molar-refractivity contribution in [2.45, 2.75) is 18.4 Å². The van der Waals surface area contributed by atoms with Gasteiger partial charge in [0, 0.05) is 31.5 Å². The van der Waals surface area contributed by atoms with Gasteiger partial charge in [0.1, 0.15) is 5.82 Å². The van der Waals surface area contributed by atoms with E-state index in [-0.39, 0.29) is 18.3 Å². The largest absolute Gasteiger partial charge is 0.396 e. The van der Waals surface area contributed by atoms with Crippen LogP contribution in [-0.2, 0) is 0 Å². The van der Waals surface area contributed by atoms with E-state index in [1.165, 1.54) is 6.07 Å². The maximum absolute atomic E-state index is 14.1. The molecule has 3 unspecified atom stereocenters. The summed E-state index contributed by atoms with van der Waals surface area (Å²) in [5, 5.41) is 13.1. The zero-order valence-electron chi connectivity index (χ0n) is 10.6. The number of nitrogens with one attached hydrogen (secondary N) is 1. The van der Waals surface area contributed by atoms with Gasteiger partial charge in [-0.2, -0.15) is 0 Å². The number of anilines is 1. The third-order valence-electron chi connectivity index (χ3n) is 4.47. The average Bonchev–Trinajstić information content (AvgIpc) is 2.39. The number of aliphatic hydroxyl groups is 1. The molecule has 2 aliphatic rings. The maximum Gasteiger partial charge on any atom is 0.146 e. The Balaban J connectivity index is 2.11. The molecule has 3 atom stereocenters. The highest BCUT2D eigenvalue weighted by Crippen LogP contribution is 2.43. The van der Waals surface area contributed by atoms with Gasteiger partial charge in [-0.15, -0.1) is 0 Å². The fourth-order valence-electron chi connectivity index (χ4n) is 3.59. The molecule has 2 N–H and O–H groups in total. The summed E-state index contributed by atoms with van der Waals surface area (Å²) in [6.45, 7) is 1.96. The molecule has 0 aromatic heterocycles. The summed E-state index contributed by atoms with van der Waals surface area (Å²) in [4.78, 5) is 2.07. The van der Waals surface area contributed by atoms with Crippen LogP contribution in [0.4, 0.5) is 10.1 Å². The summed E-state index contributed by atoms with van der Waals surface area (Å²) in [5.74, 6) is 0.234. The van der Waals surface area contributed by atoms with E-state index in [1.54, 1.807) is 6.07 Å². The number of fused-ring (bicyclic) bond motifs is 2. The topological polar surface area (TPSA) is 35.5 Å². The van der Waals surface area contributed by atoms with Crippen molar-refractivity contribution in [3.05, 3.63) is 29.6 Å². The Morgan fingerprint density at radius 1 is 1.50 bits per heavy atom. The second-order valence-electron chi connectivity index (χ2n) is 5.30. The average molecular weight is 250 g/mol. The number of halogens is 1. The Bertz CT molecular complexity index is 451. The Hall–Kier alpha value is -1.13. The highest BCUT2D eigenvalue weighted by atomic mass is 19.1. The van der Waals surface area contributed by atoms with Crippen molar-refractivity contribution in [1.82, 2.24) is 5.32 Å². The van der Waals surface area contributed by atoms with Crippen LogP contribution in [0.25, 0.3) is 0 Å². The first-order chi connectivity index (χ1) is 8.74. The van der Waals surface area contributed by atoms with Crippen LogP contribution in [0.5, 0.6) is 0 Å². The van der Waals surface area contributed by atoms with Crippen LogP contribution in [0, 0.1) is 11.7 Å². The third-order valence-corrected chi connectivity index (χ3v) is 4.47. The van der Waals surface area contributed by atoms with Crippen LogP contribution >= 0.6 is 0 Å². The predicted octanol–water partition coefficient (Wildman–Crippen LogP) is 1.33. The van der Waals surface area contributed by atoms with Crippen molar-refractivity contribution in [3.63, 3.8) is 0 Å². The van der Waals surface area contributed by atoms with Gasteiger partial charge in [0.15, 0.2) is 0 Å². The first-order valence-electron chi connectivity index (χ1n) is 6.57. The number of aliphatic hydroxyl groups excluding tert-OH is 1. The lowest BCUT2D eigenvalue weighted by Crippen LogP contribution is -2.54. The smallest absolute Gasteiger partial charge is 0.146 e. The van der Waals surface area contributed by atoms with Crippen molar-refractivity contribution in [1.29, 1.82) is 0 Å². The summed E-state index contributed by atoms with van der Waals surface area (Å²) < 4.78 is 14.1. The maximum atomic E-state index is 14.1.